The number of carbonyl (C=O) groups excluding carboxylic acids is 1. The first-order valence-corrected chi connectivity index (χ1v) is 12.6. The van der Waals surface area contributed by atoms with Gasteiger partial charge in [0.2, 0.25) is 0 Å². The summed E-state index contributed by atoms with van der Waals surface area (Å²) < 4.78 is 11.1. The predicted octanol–water partition coefficient (Wildman–Crippen LogP) is 7.07. The van der Waals surface area contributed by atoms with Gasteiger partial charge >= 0.3 is 11.9 Å². The summed E-state index contributed by atoms with van der Waals surface area (Å²) >= 11 is 0. The van der Waals surface area contributed by atoms with Crippen molar-refractivity contribution in [2.24, 2.45) is 0 Å². The van der Waals surface area contributed by atoms with Gasteiger partial charge in [-0.25, -0.2) is 4.79 Å². The third-order valence-corrected chi connectivity index (χ3v) is 5.77. The quantitative estimate of drug-likeness (QED) is 0.171. The fourth-order valence-electron chi connectivity index (χ4n) is 3.93. The van der Waals surface area contributed by atoms with Gasteiger partial charge in [0.25, 0.3) is 0 Å². The van der Waals surface area contributed by atoms with Gasteiger partial charge < -0.3 is 14.6 Å². The third-order valence-electron chi connectivity index (χ3n) is 5.77. The second kappa shape index (κ2) is 18.7. The molecule has 1 aromatic rings. The number of benzene rings is 1. The Bertz CT molecular complexity index is 601. The first-order valence-electron chi connectivity index (χ1n) is 12.6. The maximum absolute atomic E-state index is 11.4. The first-order chi connectivity index (χ1) is 15.5. The Morgan fingerprint density at radius 3 is 1.88 bits per heavy atom. The van der Waals surface area contributed by atoms with Crippen molar-refractivity contribution in [3.63, 3.8) is 0 Å². The molecule has 0 amide bonds. The molecular weight excluding hydrogens is 404 g/mol. The van der Waals surface area contributed by atoms with E-state index in [1.165, 1.54) is 45.4 Å². The zero-order valence-corrected chi connectivity index (χ0v) is 20.2. The Hall–Kier alpha value is -1.88. The standard InChI is InChI=1S/C27H44O5/c1-3-4-12-19-25(32-23(2)28)20-15-9-7-5-6-8-10-16-21-26(27(29)30)31-22-24-17-13-11-14-18-24/h11,13-14,17-18,25-26H,3-10,12,15-16,19-22H2,1-2H3,(H,29,30). The highest BCUT2D eigenvalue weighted by atomic mass is 16.5. The Balaban J connectivity index is 2.04. The molecule has 32 heavy (non-hydrogen) atoms. The molecule has 0 aromatic heterocycles. The summed E-state index contributed by atoms with van der Waals surface area (Å²) in [5, 5.41) is 9.37. The number of rotatable bonds is 20. The molecule has 2 atom stereocenters. The molecule has 5 heteroatoms. The van der Waals surface area contributed by atoms with Crippen molar-refractivity contribution in [2.45, 2.75) is 123 Å². The van der Waals surface area contributed by atoms with Gasteiger partial charge in [0.15, 0.2) is 6.10 Å². The van der Waals surface area contributed by atoms with Crippen LogP contribution in [0.25, 0.3) is 0 Å². The predicted molar refractivity (Wildman–Crippen MR) is 129 cm³/mol. The molecule has 0 heterocycles. The number of hydrogen-bond donors (Lipinski definition) is 1. The van der Waals surface area contributed by atoms with E-state index in [4.69, 9.17) is 9.47 Å². The van der Waals surface area contributed by atoms with Gasteiger partial charge in [0, 0.05) is 6.92 Å². The molecule has 1 N–H and O–H groups in total. The van der Waals surface area contributed by atoms with Crippen molar-refractivity contribution < 1.29 is 24.2 Å². The lowest BCUT2D eigenvalue weighted by atomic mass is 10.0. The van der Waals surface area contributed by atoms with Crippen LogP contribution in [0.1, 0.15) is 109 Å². The van der Waals surface area contributed by atoms with Gasteiger partial charge in [-0.1, -0.05) is 95.0 Å². The van der Waals surface area contributed by atoms with E-state index in [1.807, 2.05) is 30.3 Å². The maximum atomic E-state index is 11.4. The lowest BCUT2D eigenvalue weighted by Gasteiger charge is -2.16. The van der Waals surface area contributed by atoms with E-state index in [-0.39, 0.29) is 12.1 Å². The molecule has 0 aliphatic rings. The van der Waals surface area contributed by atoms with E-state index in [0.717, 1.165) is 50.5 Å². The molecule has 1 aromatic carbocycles. The van der Waals surface area contributed by atoms with Crippen LogP contribution in [-0.2, 0) is 25.7 Å². The number of esters is 1. The maximum Gasteiger partial charge on any atom is 0.332 e. The minimum atomic E-state index is -0.873. The van der Waals surface area contributed by atoms with Gasteiger partial charge in [-0.05, 0) is 37.7 Å². The molecular formula is C27H44O5. The fraction of sp³-hybridized carbons (Fsp3) is 0.704. The summed E-state index contributed by atoms with van der Waals surface area (Å²) in [4.78, 5) is 22.7. The molecule has 0 aliphatic heterocycles. The van der Waals surface area contributed by atoms with E-state index < -0.39 is 12.1 Å². The summed E-state index contributed by atoms with van der Waals surface area (Å²) in [6.45, 7) is 4.03. The molecule has 0 aliphatic carbocycles. The zero-order valence-electron chi connectivity index (χ0n) is 20.2. The minimum absolute atomic E-state index is 0.0883. The Labute approximate surface area is 194 Å². The molecule has 0 saturated heterocycles. The average molecular weight is 449 g/mol. The Kier molecular flexibility index (Phi) is 16.4. The van der Waals surface area contributed by atoms with E-state index in [2.05, 4.69) is 6.92 Å². The normalized spacial score (nSPS) is 12.9. The van der Waals surface area contributed by atoms with E-state index in [0.29, 0.717) is 13.0 Å². The molecule has 0 saturated carbocycles. The summed E-state index contributed by atoms with van der Waals surface area (Å²) in [6, 6.07) is 9.69. The van der Waals surface area contributed by atoms with Gasteiger partial charge in [-0.2, -0.15) is 0 Å². The number of aliphatic carboxylic acids is 1. The largest absolute Gasteiger partial charge is 0.479 e. The van der Waals surface area contributed by atoms with Gasteiger partial charge in [0.1, 0.15) is 6.10 Å². The number of hydrogen-bond acceptors (Lipinski definition) is 4. The second-order valence-electron chi connectivity index (χ2n) is 8.76. The molecule has 0 fully saturated rings. The number of unbranched alkanes of at least 4 members (excludes halogenated alkanes) is 9. The molecule has 1 rings (SSSR count). The van der Waals surface area contributed by atoms with E-state index >= 15 is 0 Å². The summed E-state index contributed by atoms with van der Waals surface area (Å²) in [6.07, 6.45) is 14.4. The van der Waals surface area contributed by atoms with Crippen molar-refractivity contribution in [3.8, 4) is 0 Å². The van der Waals surface area contributed by atoms with E-state index in [1.54, 1.807) is 0 Å². The lowest BCUT2D eigenvalue weighted by molar-refractivity contribution is -0.152. The zero-order chi connectivity index (χ0) is 23.4. The molecule has 182 valence electrons. The first kappa shape index (κ1) is 28.2. The number of carbonyl (C=O) groups is 2. The molecule has 5 nitrogen and oxygen atoms in total. The van der Waals surface area contributed by atoms with Gasteiger partial charge in [-0.3, -0.25) is 4.79 Å². The van der Waals surface area contributed by atoms with E-state index in [9.17, 15) is 14.7 Å². The molecule has 2 unspecified atom stereocenters. The minimum Gasteiger partial charge on any atom is -0.479 e. The van der Waals surface area contributed by atoms with Crippen molar-refractivity contribution in [3.05, 3.63) is 35.9 Å². The van der Waals surface area contributed by atoms with Crippen LogP contribution in [0.3, 0.4) is 0 Å². The number of carboxylic acid groups (broad SMARTS) is 1. The SMILES string of the molecule is CCCCCC(CCCCCCCCCCC(OCc1ccccc1)C(=O)O)OC(C)=O. The van der Waals surface area contributed by atoms with Crippen LogP contribution in [0.4, 0.5) is 0 Å². The smallest absolute Gasteiger partial charge is 0.332 e. The second-order valence-corrected chi connectivity index (χ2v) is 8.76. The van der Waals surface area contributed by atoms with Crippen LogP contribution in [0, 0.1) is 0 Å². The number of carboxylic acids is 1. The van der Waals surface area contributed by atoms with Crippen molar-refractivity contribution in [2.75, 3.05) is 0 Å². The van der Waals surface area contributed by atoms with Crippen LogP contribution >= 0.6 is 0 Å². The summed E-state index contributed by atoms with van der Waals surface area (Å²) in [7, 11) is 0. The average Bonchev–Trinajstić information content (AvgIpc) is 2.77. The molecule has 0 radical (unpaired) electrons. The van der Waals surface area contributed by atoms with Crippen LogP contribution in [0.5, 0.6) is 0 Å². The van der Waals surface area contributed by atoms with Gasteiger partial charge in [0.05, 0.1) is 6.61 Å². The van der Waals surface area contributed by atoms with Crippen molar-refractivity contribution >= 4 is 11.9 Å². The van der Waals surface area contributed by atoms with Crippen LogP contribution in [-0.4, -0.2) is 29.3 Å². The third kappa shape index (κ3) is 15.0. The van der Waals surface area contributed by atoms with Crippen molar-refractivity contribution in [1.82, 2.24) is 0 Å². The highest BCUT2D eigenvalue weighted by molar-refractivity contribution is 5.72. The van der Waals surface area contributed by atoms with Crippen molar-refractivity contribution in [1.29, 1.82) is 0 Å². The Morgan fingerprint density at radius 2 is 1.34 bits per heavy atom. The molecule has 0 bridgehead atoms. The van der Waals surface area contributed by atoms with Crippen LogP contribution in [0.2, 0.25) is 0 Å². The van der Waals surface area contributed by atoms with Crippen LogP contribution in [0.15, 0.2) is 30.3 Å². The highest BCUT2D eigenvalue weighted by Crippen LogP contribution is 2.17. The lowest BCUT2D eigenvalue weighted by Crippen LogP contribution is -2.23. The monoisotopic (exact) mass is 448 g/mol. The Morgan fingerprint density at radius 1 is 0.812 bits per heavy atom. The topological polar surface area (TPSA) is 72.8 Å². The highest BCUT2D eigenvalue weighted by Gasteiger charge is 2.17. The molecule has 0 spiro atoms. The van der Waals surface area contributed by atoms with Crippen LogP contribution < -0.4 is 0 Å². The summed E-state index contributed by atoms with van der Waals surface area (Å²) in [5.74, 6) is -1.04. The van der Waals surface area contributed by atoms with Gasteiger partial charge in [-0.15, -0.1) is 0 Å². The number of ether oxygens (including phenoxy) is 2. The summed E-state index contributed by atoms with van der Waals surface area (Å²) in [5.41, 5.74) is 0.999. The fourth-order valence-corrected chi connectivity index (χ4v) is 3.93.